The van der Waals surface area contributed by atoms with Crippen molar-refractivity contribution in [2.24, 2.45) is 5.92 Å². The first kappa shape index (κ1) is 19.6. The van der Waals surface area contributed by atoms with E-state index in [9.17, 15) is 23.5 Å². The van der Waals surface area contributed by atoms with Crippen LogP contribution in [-0.2, 0) is 0 Å². The molecule has 0 saturated carbocycles. The molecular formula is C18H20ClF2N3O3. The third-order valence-corrected chi connectivity index (χ3v) is 5.78. The van der Waals surface area contributed by atoms with Crippen molar-refractivity contribution in [3.63, 3.8) is 0 Å². The predicted octanol–water partition coefficient (Wildman–Crippen LogP) is 2.06. The number of carboxylic acid groups (broad SMARTS) is 1. The molecule has 2 aliphatic rings. The Morgan fingerprint density at radius 1 is 1.26 bits per heavy atom. The number of carboxylic acids is 1. The number of nitrogens with zero attached hydrogens (tertiary/aromatic N) is 3. The van der Waals surface area contributed by atoms with Gasteiger partial charge >= 0.3 is 5.97 Å². The molecule has 3 heterocycles. The van der Waals surface area contributed by atoms with Gasteiger partial charge in [-0.2, -0.15) is 0 Å². The van der Waals surface area contributed by atoms with Crippen LogP contribution in [0.5, 0.6) is 0 Å². The van der Waals surface area contributed by atoms with E-state index >= 15 is 0 Å². The van der Waals surface area contributed by atoms with Gasteiger partial charge in [-0.05, 0) is 32.4 Å². The zero-order chi connectivity index (χ0) is 18.7. The molecule has 1 aromatic heterocycles. The second-order valence-electron chi connectivity index (χ2n) is 7.25. The van der Waals surface area contributed by atoms with Crippen molar-refractivity contribution in [2.45, 2.75) is 25.4 Å². The summed E-state index contributed by atoms with van der Waals surface area (Å²) in [6, 6.07) is 2.34. The number of pyridine rings is 1. The lowest BCUT2D eigenvalue weighted by Gasteiger charge is -2.28. The lowest BCUT2D eigenvalue weighted by Crippen LogP contribution is -2.40. The van der Waals surface area contributed by atoms with Gasteiger partial charge in [-0.25, -0.2) is 13.6 Å². The summed E-state index contributed by atoms with van der Waals surface area (Å²) in [5.41, 5.74) is -1.47. The minimum absolute atomic E-state index is 0. The maximum absolute atomic E-state index is 14.5. The highest BCUT2D eigenvalue weighted by Crippen LogP contribution is 2.34. The Morgan fingerprint density at radius 3 is 2.59 bits per heavy atom. The maximum Gasteiger partial charge on any atom is 0.341 e. The highest BCUT2D eigenvalue weighted by atomic mass is 35.5. The van der Waals surface area contributed by atoms with Crippen molar-refractivity contribution in [3.8, 4) is 0 Å². The molecule has 2 fully saturated rings. The molecule has 2 aromatic rings. The fourth-order valence-corrected chi connectivity index (χ4v) is 4.37. The van der Waals surface area contributed by atoms with Crippen molar-refractivity contribution in [1.29, 1.82) is 0 Å². The summed E-state index contributed by atoms with van der Waals surface area (Å²) in [6.45, 7) is 3.36. The fraction of sp³-hybridized carbons (Fsp3) is 0.444. The van der Waals surface area contributed by atoms with E-state index in [2.05, 4.69) is 11.8 Å². The predicted molar refractivity (Wildman–Crippen MR) is 99.4 cm³/mol. The van der Waals surface area contributed by atoms with Crippen LogP contribution in [0.25, 0.3) is 10.9 Å². The van der Waals surface area contributed by atoms with Crippen LogP contribution in [0, 0.1) is 17.6 Å². The standard InChI is InChI=1S/C18H19F2N3O3.ClH/c1-9-3-10-6-22(8-15(10)21(9)2)23-7-13(18(25)26)17(24)12-4-11(19)5-14(20)16(12)23;/h4-5,7,9-10,15H,3,6,8H2,1-2H3,(H,25,26);1H. The zero-order valence-corrected chi connectivity index (χ0v) is 15.7. The lowest BCUT2D eigenvalue weighted by atomic mass is 10.0. The number of hydrogen-bond acceptors (Lipinski definition) is 4. The molecule has 0 spiro atoms. The molecule has 3 atom stereocenters. The molecule has 27 heavy (non-hydrogen) atoms. The van der Waals surface area contributed by atoms with Crippen molar-refractivity contribution >= 4 is 29.3 Å². The second kappa shape index (κ2) is 6.76. The third kappa shape index (κ3) is 2.96. The molecule has 0 aliphatic carbocycles. The van der Waals surface area contributed by atoms with Gasteiger partial charge in [-0.15, -0.1) is 12.4 Å². The molecule has 1 N–H and O–H groups in total. The molecule has 0 radical (unpaired) electrons. The average Bonchev–Trinajstić information content (AvgIpc) is 3.08. The molecule has 2 aliphatic heterocycles. The molecule has 4 rings (SSSR count). The van der Waals surface area contributed by atoms with Gasteiger partial charge in [-0.1, -0.05) is 0 Å². The molecule has 146 valence electrons. The zero-order valence-electron chi connectivity index (χ0n) is 14.9. The van der Waals surface area contributed by atoms with E-state index in [-0.39, 0.29) is 29.4 Å². The van der Waals surface area contributed by atoms with Crippen LogP contribution in [0.1, 0.15) is 23.7 Å². The van der Waals surface area contributed by atoms with E-state index in [0.29, 0.717) is 31.1 Å². The first-order valence-electron chi connectivity index (χ1n) is 8.52. The number of benzene rings is 1. The second-order valence-corrected chi connectivity index (χ2v) is 7.25. The first-order chi connectivity index (χ1) is 12.3. The van der Waals surface area contributed by atoms with Gasteiger partial charge in [0.1, 0.15) is 16.9 Å². The van der Waals surface area contributed by atoms with Crippen LogP contribution in [0.4, 0.5) is 8.78 Å². The van der Waals surface area contributed by atoms with Crippen LogP contribution in [-0.4, -0.2) is 52.9 Å². The number of halogens is 3. The van der Waals surface area contributed by atoms with E-state index in [4.69, 9.17) is 0 Å². The summed E-state index contributed by atoms with van der Waals surface area (Å²) < 4.78 is 29.5. The van der Waals surface area contributed by atoms with Crippen LogP contribution >= 0.6 is 12.4 Å². The van der Waals surface area contributed by atoms with Crippen LogP contribution in [0.15, 0.2) is 23.1 Å². The number of aromatic nitrogens is 1. The summed E-state index contributed by atoms with van der Waals surface area (Å²) in [7, 11) is 2.04. The highest BCUT2D eigenvalue weighted by molar-refractivity contribution is 5.92. The first-order valence-corrected chi connectivity index (χ1v) is 8.52. The van der Waals surface area contributed by atoms with Crippen LogP contribution in [0.2, 0.25) is 0 Å². The van der Waals surface area contributed by atoms with Crippen molar-refractivity contribution < 1.29 is 18.7 Å². The van der Waals surface area contributed by atoms with Gasteiger partial charge in [-0.3, -0.25) is 14.4 Å². The van der Waals surface area contributed by atoms with Crippen molar-refractivity contribution in [3.05, 3.63) is 45.8 Å². The van der Waals surface area contributed by atoms with Crippen LogP contribution < -0.4 is 10.4 Å². The highest BCUT2D eigenvalue weighted by Gasteiger charge is 2.43. The van der Waals surface area contributed by atoms with Gasteiger partial charge in [0, 0.05) is 30.9 Å². The van der Waals surface area contributed by atoms with Gasteiger partial charge in [0.25, 0.3) is 0 Å². The summed E-state index contributed by atoms with van der Waals surface area (Å²) in [5.74, 6) is -2.83. The normalized spacial score (nSPS) is 24.9. The number of likely N-dealkylation sites (tertiary alicyclic amines) is 1. The fourth-order valence-electron chi connectivity index (χ4n) is 4.37. The quantitative estimate of drug-likeness (QED) is 0.837. The molecule has 0 amide bonds. The van der Waals surface area contributed by atoms with Gasteiger partial charge in [0.15, 0.2) is 5.82 Å². The monoisotopic (exact) mass is 399 g/mol. The smallest absolute Gasteiger partial charge is 0.341 e. The summed E-state index contributed by atoms with van der Waals surface area (Å²) >= 11 is 0. The number of carbonyl (C=O) groups is 1. The van der Waals surface area contributed by atoms with Crippen molar-refractivity contribution in [2.75, 3.05) is 25.1 Å². The average molecular weight is 400 g/mol. The summed E-state index contributed by atoms with van der Waals surface area (Å²) in [4.78, 5) is 26.1. The SMILES string of the molecule is CC1CC2CN(n3cc(C(=O)O)c(=O)c4cc(F)cc(F)c43)CC2N1C.Cl. The van der Waals surface area contributed by atoms with Crippen molar-refractivity contribution in [1.82, 2.24) is 9.58 Å². The van der Waals surface area contributed by atoms with E-state index in [0.717, 1.165) is 18.7 Å². The lowest BCUT2D eigenvalue weighted by molar-refractivity contribution is 0.0694. The minimum atomic E-state index is -1.42. The third-order valence-electron chi connectivity index (χ3n) is 5.78. The van der Waals surface area contributed by atoms with E-state index in [1.165, 1.54) is 4.68 Å². The molecule has 3 unspecified atom stereocenters. The van der Waals surface area contributed by atoms with E-state index in [1.54, 1.807) is 0 Å². The number of rotatable bonds is 2. The number of fused-ring (bicyclic) bond motifs is 2. The van der Waals surface area contributed by atoms with E-state index < -0.39 is 28.6 Å². The Bertz CT molecular complexity index is 980. The van der Waals surface area contributed by atoms with Gasteiger partial charge < -0.3 is 10.1 Å². The molecule has 0 bridgehead atoms. The Morgan fingerprint density at radius 2 is 1.96 bits per heavy atom. The Kier molecular flexibility index (Phi) is 4.90. The van der Waals surface area contributed by atoms with Crippen LogP contribution in [0.3, 0.4) is 0 Å². The maximum atomic E-state index is 14.5. The number of aromatic carboxylic acids is 1. The molecule has 1 aromatic carbocycles. The van der Waals surface area contributed by atoms with Gasteiger partial charge in [0.05, 0.1) is 11.9 Å². The minimum Gasteiger partial charge on any atom is -0.477 e. The Labute approximate surface area is 160 Å². The topological polar surface area (TPSA) is 65.8 Å². The van der Waals surface area contributed by atoms with Gasteiger partial charge in [0.2, 0.25) is 5.43 Å². The molecule has 9 heteroatoms. The molecule has 2 saturated heterocycles. The Hall–Kier alpha value is -2.19. The number of hydrogen-bond donors (Lipinski definition) is 1. The Balaban J connectivity index is 0.00000210. The summed E-state index contributed by atoms with van der Waals surface area (Å²) in [6.07, 6.45) is 2.15. The number of likely N-dealkylation sites (N-methyl/N-ethyl adjacent to an activating group) is 1. The van der Waals surface area contributed by atoms with E-state index in [1.807, 2.05) is 12.1 Å². The molecular weight excluding hydrogens is 380 g/mol. The molecule has 6 nitrogen and oxygen atoms in total. The summed E-state index contributed by atoms with van der Waals surface area (Å²) in [5, 5.41) is 10.9. The largest absolute Gasteiger partial charge is 0.477 e.